The maximum absolute atomic E-state index is 13.0. The van der Waals surface area contributed by atoms with Gasteiger partial charge in [0.05, 0.1) is 4.90 Å². The zero-order valence-corrected chi connectivity index (χ0v) is 16.3. The first kappa shape index (κ1) is 19.5. The van der Waals surface area contributed by atoms with Crippen molar-refractivity contribution in [2.45, 2.75) is 37.5 Å². The Labute approximate surface area is 160 Å². The molecule has 0 aliphatic carbocycles. The van der Waals surface area contributed by atoms with Crippen LogP contribution in [0, 0.1) is 6.92 Å². The molecule has 1 fully saturated rings. The minimum Gasteiger partial charge on any atom is -0.352 e. The second-order valence-electron chi connectivity index (χ2n) is 6.81. The van der Waals surface area contributed by atoms with Gasteiger partial charge in [-0.25, -0.2) is 8.42 Å². The standard InChI is InChI=1S/C20H25N3O3S/c1-16-7-8-18(20(24)22-11-9-17-6-5-10-21-15-17)14-19(16)27(25,26)23-12-3-2-4-13-23/h5-8,10,14-15H,2-4,9,11-13H2,1H3,(H,22,24). The monoisotopic (exact) mass is 387 g/mol. The molecule has 1 N–H and O–H groups in total. The van der Waals surface area contributed by atoms with Gasteiger partial charge in [-0.15, -0.1) is 0 Å². The van der Waals surface area contributed by atoms with Crippen LogP contribution in [0.1, 0.15) is 40.7 Å². The molecule has 0 saturated carbocycles. The highest BCUT2D eigenvalue weighted by Crippen LogP contribution is 2.24. The number of aromatic nitrogens is 1. The van der Waals surface area contributed by atoms with E-state index in [-0.39, 0.29) is 10.8 Å². The lowest BCUT2D eigenvalue weighted by molar-refractivity contribution is 0.0954. The van der Waals surface area contributed by atoms with Crippen molar-refractivity contribution >= 4 is 15.9 Å². The third kappa shape index (κ3) is 4.73. The maximum atomic E-state index is 13.0. The summed E-state index contributed by atoms with van der Waals surface area (Å²) in [6.07, 6.45) is 6.97. The van der Waals surface area contributed by atoms with Crippen molar-refractivity contribution in [3.8, 4) is 0 Å². The first-order valence-corrected chi connectivity index (χ1v) is 10.7. The molecule has 1 aliphatic rings. The van der Waals surface area contributed by atoms with E-state index in [1.165, 1.54) is 10.4 Å². The Morgan fingerprint density at radius 3 is 2.67 bits per heavy atom. The van der Waals surface area contributed by atoms with E-state index < -0.39 is 10.0 Å². The quantitative estimate of drug-likeness (QED) is 0.826. The minimum atomic E-state index is -3.57. The third-order valence-electron chi connectivity index (χ3n) is 4.81. The van der Waals surface area contributed by atoms with Crippen LogP contribution in [0.4, 0.5) is 0 Å². The van der Waals surface area contributed by atoms with Crippen LogP contribution in [0.25, 0.3) is 0 Å². The number of carbonyl (C=O) groups excluding carboxylic acids is 1. The molecule has 0 atom stereocenters. The van der Waals surface area contributed by atoms with Crippen LogP contribution >= 0.6 is 0 Å². The highest BCUT2D eigenvalue weighted by atomic mass is 32.2. The van der Waals surface area contributed by atoms with Crippen LogP contribution in [-0.2, 0) is 16.4 Å². The molecule has 0 bridgehead atoms. The van der Waals surface area contributed by atoms with Crippen LogP contribution < -0.4 is 5.32 Å². The maximum Gasteiger partial charge on any atom is 0.251 e. The number of carbonyl (C=O) groups is 1. The molecule has 1 aliphatic heterocycles. The zero-order valence-electron chi connectivity index (χ0n) is 15.5. The van der Waals surface area contributed by atoms with Crippen LogP contribution in [0.5, 0.6) is 0 Å². The number of aryl methyl sites for hydroxylation is 1. The summed E-state index contributed by atoms with van der Waals surface area (Å²) in [5, 5.41) is 2.85. The fourth-order valence-electron chi connectivity index (χ4n) is 3.23. The van der Waals surface area contributed by atoms with Gasteiger partial charge in [-0.05, 0) is 55.5 Å². The van der Waals surface area contributed by atoms with E-state index in [9.17, 15) is 13.2 Å². The lowest BCUT2D eigenvalue weighted by Gasteiger charge is -2.26. The molecule has 6 nitrogen and oxygen atoms in total. The molecule has 27 heavy (non-hydrogen) atoms. The molecule has 0 radical (unpaired) electrons. The van der Waals surface area contributed by atoms with Crippen molar-refractivity contribution in [2.24, 2.45) is 0 Å². The molecule has 1 amide bonds. The minimum absolute atomic E-state index is 0.226. The molecule has 2 aromatic rings. The molecule has 144 valence electrons. The first-order valence-electron chi connectivity index (χ1n) is 9.26. The zero-order chi connectivity index (χ0) is 19.3. The van der Waals surface area contributed by atoms with Crippen LogP contribution in [0.2, 0.25) is 0 Å². The Morgan fingerprint density at radius 2 is 1.96 bits per heavy atom. The summed E-state index contributed by atoms with van der Waals surface area (Å²) in [7, 11) is -3.57. The lowest BCUT2D eigenvalue weighted by atomic mass is 10.1. The smallest absolute Gasteiger partial charge is 0.251 e. The molecule has 2 heterocycles. The van der Waals surface area contributed by atoms with E-state index in [2.05, 4.69) is 10.3 Å². The Bertz CT molecular complexity index is 892. The fraction of sp³-hybridized carbons (Fsp3) is 0.400. The first-order chi connectivity index (χ1) is 13.0. The molecular weight excluding hydrogens is 362 g/mol. The summed E-state index contributed by atoms with van der Waals surface area (Å²) in [6, 6.07) is 8.68. The number of hydrogen-bond donors (Lipinski definition) is 1. The van der Waals surface area contributed by atoms with E-state index in [1.807, 2.05) is 12.1 Å². The predicted octanol–water partition coefficient (Wildman–Crippen LogP) is 2.54. The summed E-state index contributed by atoms with van der Waals surface area (Å²) >= 11 is 0. The van der Waals surface area contributed by atoms with Gasteiger partial charge in [-0.3, -0.25) is 9.78 Å². The van der Waals surface area contributed by atoms with Gasteiger partial charge >= 0.3 is 0 Å². The molecule has 1 aromatic carbocycles. The number of pyridine rings is 1. The molecule has 3 rings (SSSR count). The Kier molecular flexibility index (Phi) is 6.23. The molecule has 0 unspecified atom stereocenters. The Balaban J connectivity index is 1.71. The number of nitrogens with zero attached hydrogens (tertiary/aromatic N) is 2. The number of amides is 1. The fourth-order valence-corrected chi connectivity index (χ4v) is 5.00. The summed E-state index contributed by atoms with van der Waals surface area (Å²) < 4.78 is 27.5. The summed E-state index contributed by atoms with van der Waals surface area (Å²) in [5.74, 6) is -0.269. The number of sulfonamides is 1. The van der Waals surface area contributed by atoms with E-state index in [0.29, 0.717) is 37.2 Å². The number of piperidine rings is 1. The predicted molar refractivity (Wildman–Crippen MR) is 104 cm³/mol. The summed E-state index contributed by atoms with van der Waals surface area (Å²) in [4.78, 5) is 16.7. The average Bonchev–Trinajstić information content (AvgIpc) is 2.69. The van der Waals surface area contributed by atoms with Gasteiger partial charge in [0.2, 0.25) is 10.0 Å². The van der Waals surface area contributed by atoms with E-state index in [0.717, 1.165) is 24.8 Å². The van der Waals surface area contributed by atoms with Gasteiger partial charge < -0.3 is 5.32 Å². The number of hydrogen-bond acceptors (Lipinski definition) is 4. The number of benzene rings is 1. The highest BCUT2D eigenvalue weighted by molar-refractivity contribution is 7.89. The van der Waals surface area contributed by atoms with Gasteiger partial charge in [-0.2, -0.15) is 4.31 Å². The lowest BCUT2D eigenvalue weighted by Crippen LogP contribution is -2.36. The van der Waals surface area contributed by atoms with Crippen LogP contribution in [0.15, 0.2) is 47.6 Å². The van der Waals surface area contributed by atoms with E-state index in [4.69, 9.17) is 0 Å². The van der Waals surface area contributed by atoms with Crippen molar-refractivity contribution in [3.05, 3.63) is 59.4 Å². The second-order valence-corrected chi connectivity index (χ2v) is 8.72. The van der Waals surface area contributed by atoms with Gasteiger partial charge in [0.15, 0.2) is 0 Å². The van der Waals surface area contributed by atoms with Crippen molar-refractivity contribution in [1.82, 2.24) is 14.6 Å². The highest BCUT2D eigenvalue weighted by Gasteiger charge is 2.28. The SMILES string of the molecule is Cc1ccc(C(=O)NCCc2cccnc2)cc1S(=O)(=O)N1CCCCC1. The van der Waals surface area contributed by atoms with Gasteiger partial charge in [0.25, 0.3) is 5.91 Å². The van der Waals surface area contributed by atoms with Crippen LogP contribution in [0.3, 0.4) is 0 Å². The van der Waals surface area contributed by atoms with Gasteiger partial charge in [0.1, 0.15) is 0 Å². The van der Waals surface area contributed by atoms with E-state index >= 15 is 0 Å². The molecular formula is C20H25N3O3S. The van der Waals surface area contributed by atoms with E-state index in [1.54, 1.807) is 31.5 Å². The normalized spacial score (nSPS) is 15.4. The van der Waals surface area contributed by atoms with Crippen molar-refractivity contribution in [2.75, 3.05) is 19.6 Å². The van der Waals surface area contributed by atoms with Crippen molar-refractivity contribution < 1.29 is 13.2 Å². The third-order valence-corrected chi connectivity index (χ3v) is 6.85. The van der Waals surface area contributed by atoms with Gasteiger partial charge in [0, 0.05) is 37.6 Å². The van der Waals surface area contributed by atoms with Crippen LogP contribution in [-0.4, -0.2) is 43.2 Å². The second kappa shape index (κ2) is 8.63. The topological polar surface area (TPSA) is 79.4 Å². The average molecular weight is 388 g/mol. The molecule has 1 saturated heterocycles. The summed E-state index contributed by atoms with van der Waals surface area (Å²) in [5.41, 5.74) is 2.06. The summed E-state index contributed by atoms with van der Waals surface area (Å²) in [6.45, 7) is 3.32. The van der Waals surface area contributed by atoms with Crippen molar-refractivity contribution in [3.63, 3.8) is 0 Å². The molecule has 0 spiro atoms. The Morgan fingerprint density at radius 1 is 1.19 bits per heavy atom. The van der Waals surface area contributed by atoms with Gasteiger partial charge in [-0.1, -0.05) is 18.6 Å². The number of nitrogens with one attached hydrogen (secondary N) is 1. The molecule has 7 heteroatoms. The Hall–Kier alpha value is -2.25. The number of rotatable bonds is 6. The largest absolute Gasteiger partial charge is 0.352 e. The van der Waals surface area contributed by atoms with Crippen molar-refractivity contribution in [1.29, 1.82) is 0 Å². The molecule has 1 aromatic heterocycles.